The number of ether oxygens (including phenoxy) is 1. The van der Waals surface area contributed by atoms with Crippen LogP contribution >= 0.6 is 0 Å². The molecule has 1 nitrogen and oxygen atoms in total. The van der Waals surface area contributed by atoms with Crippen LogP contribution in [0.2, 0.25) is 0 Å². The van der Waals surface area contributed by atoms with E-state index in [9.17, 15) is 26.3 Å². The van der Waals surface area contributed by atoms with Gasteiger partial charge in [0.15, 0.2) is 11.6 Å². The fourth-order valence-electron chi connectivity index (χ4n) is 4.89. The van der Waals surface area contributed by atoms with Crippen molar-refractivity contribution in [3.63, 3.8) is 0 Å². The Balaban J connectivity index is 1.29. The van der Waals surface area contributed by atoms with Gasteiger partial charge in [-0.2, -0.15) is 8.78 Å². The lowest BCUT2D eigenvalue weighted by atomic mass is 9.98. The molecule has 7 heteroatoms. The minimum atomic E-state index is -4.12. The summed E-state index contributed by atoms with van der Waals surface area (Å²) in [6.45, 7) is 2.18. The highest BCUT2D eigenvalue weighted by atomic mass is 19.3. The predicted octanol–water partition coefficient (Wildman–Crippen LogP) is 11.1. The Morgan fingerprint density at radius 2 is 1.12 bits per heavy atom. The number of hydrogen-bond acceptors (Lipinski definition) is 1. The van der Waals surface area contributed by atoms with E-state index in [0.717, 1.165) is 66.4 Å². The number of alkyl halides is 2. The molecule has 5 aromatic rings. The third kappa shape index (κ3) is 6.94. The van der Waals surface area contributed by atoms with Crippen molar-refractivity contribution in [2.24, 2.45) is 0 Å². The fraction of sp³-hybridized carbons (Fsp3) is 0.167. The van der Waals surface area contributed by atoms with Gasteiger partial charge in [0.05, 0.1) is 5.56 Å². The van der Waals surface area contributed by atoms with Gasteiger partial charge < -0.3 is 4.74 Å². The van der Waals surface area contributed by atoms with Crippen molar-refractivity contribution < 1.29 is 31.1 Å². The highest BCUT2D eigenvalue weighted by molar-refractivity contribution is 5.71. The number of benzene rings is 5. The van der Waals surface area contributed by atoms with E-state index in [-0.39, 0.29) is 11.1 Å². The summed E-state index contributed by atoms with van der Waals surface area (Å²) in [4.78, 5) is 0. The molecule has 0 aromatic heterocycles. The summed E-state index contributed by atoms with van der Waals surface area (Å²) in [6.07, 6.45) is 0.459. The van der Waals surface area contributed by atoms with Crippen LogP contribution in [0.25, 0.3) is 33.4 Å². The molecule has 0 saturated carbocycles. The molecule has 0 bridgehead atoms. The molecule has 0 aliphatic rings. The van der Waals surface area contributed by atoms with Gasteiger partial charge in [-0.25, -0.2) is 17.6 Å². The van der Waals surface area contributed by atoms with Gasteiger partial charge >= 0.3 is 6.11 Å². The van der Waals surface area contributed by atoms with E-state index >= 15 is 0 Å². The molecule has 0 aliphatic heterocycles. The van der Waals surface area contributed by atoms with E-state index in [1.165, 1.54) is 24.5 Å². The first-order valence-electron chi connectivity index (χ1n) is 14.0. The van der Waals surface area contributed by atoms with E-state index in [1.54, 1.807) is 12.1 Å². The number of rotatable bonds is 10. The molecule has 0 heterocycles. The van der Waals surface area contributed by atoms with Crippen molar-refractivity contribution in [3.05, 3.63) is 138 Å². The highest BCUT2D eigenvalue weighted by Gasteiger charge is 2.38. The Bertz CT molecular complexity index is 1710. The Morgan fingerprint density at radius 1 is 0.535 bits per heavy atom. The van der Waals surface area contributed by atoms with Crippen LogP contribution in [0.1, 0.15) is 37.3 Å². The predicted molar refractivity (Wildman–Crippen MR) is 157 cm³/mol. The molecule has 0 amide bonds. The average molecular weight is 591 g/mol. The second kappa shape index (κ2) is 12.8. The Labute approximate surface area is 246 Å². The first kappa shape index (κ1) is 30.0. The van der Waals surface area contributed by atoms with Crippen molar-refractivity contribution in [1.82, 2.24) is 0 Å². The summed E-state index contributed by atoms with van der Waals surface area (Å²) >= 11 is 0. The molecule has 0 radical (unpaired) electrons. The molecule has 43 heavy (non-hydrogen) atoms. The largest absolute Gasteiger partial charge is 0.429 e. The van der Waals surface area contributed by atoms with Crippen LogP contribution in [0.15, 0.2) is 103 Å². The Morgan fingerprint density at radius 3 is 1.72 bits per heavy atom. The molecule has 0 fully saturated rings. The van der Waals surface area contributed by atoms with Gasteiger partial charge in [-0.15, -0.1) is 0 Å². The third-order valence-corrected chi connectivity index (χ3v) is 7.27. The normalized spacial score (nSPS) is 11.5. The maximum atomic E-state index is 15.0. The van der Waals surface area contributed by atoms with Crippen LogP contribution in [0.3, 0.4) is 0 Å². The summed E-state index contributed by atoms with van der Waals surface area (Å²) in [5.41, 5.74) is 3.20. The van der Waals surface area contributed by atoms with E-state index in [4.69, 9.17) is 0 Å². The average Bonchev–Trinajstić information content (AvgIpc) is 2.99. The second-order valence-electron chi connectivity index (χ2n) is 10.3. The first-order chi connectivity index (χ1) is 20.6. The van der Waals surface area contributed by atoms with Gasteiger partial charge in [0.2, 0.25) is 0 Å². The van der Waals surface area contributed by atoms with Crippen LogP contribution in [-0.2, 0) is 12.5 Å². The van der Waals surface area contributed by atoms with Crippen LogP contribution in [0.4, 0.5) is 26.3 Å². The van der Waals surface area contributed by atoms with Crippen LogP contribution in [-0.4, -0.2) is 0 Å². The van der Waals surface area contributed by atoms with Crippen molar-refractivity contribution in [3.8, 4) is 39.1 Å². The summed E-state index contributed by atoms with van der Waals surface area (Å²) < 4.78 is 91.0. The van der Waals surface area contributed by atoms with E-state index in [1.807, 2.05) is 12.1 Å². The Hall–Kier alpha value is -4.52. The molecule has 0 saturated heterocycles. The topological polar surface area (TPSA) is 9.23 Å². The summed E-state index contributed by atoms with van der Waals surface area (Å²) in [5, 5.41) is 0. The summed E-state index contributed by atoms with van der Waals surface area (Å²) in [6, 6.07) is 24.6. The lowest BCUT2D eigenvalue weighted by Crippen LogP contribution is -2.23. The number of hydrogen-bond donors (Lipinski definition) is 0. The lowest BCUT2D eigenvalue weighted by molar-refractivity contribution is -0.187. The van der Waals surface area contributed by atoms with Gasteiger partial charge in [-0.1, -0.05) is 80.4 Å². The number of aryl methyl sites for hydroxylation is 1. The van der Waals surface area contributed by atoms with Crippen molar-refractivity contribution in [2.45, 2.75) is 38.7 Å². The molecule has 0 spiro atoms. The minimum absolute atomic E-state index is 0.0140. The van der Waals surface area contributed by atoms with E-state index < -0.39 is 40.7 Å². The number of unbranched alkanes of at least 4 members (excludes halogenated alkanes) is 2. The van der Waals surface area contributed by atoms with Gasteiger partial charge in [-0.3, -0.25) is 0 Å². The molecular formula is C36H28F6O. The second-order valence-corrected chi connectivity index (χ2v) is 10.3. The molecular weight excluding hydrogens is 562 g/mol. The first-order valence-corrected chi connectivity index (χ1v) is 14.0. The molecule has 0 unspecified atom stereocenters. The highest BCUT2D eigenvalue weighted by Crippen LogP contribution is 2.37. The van der Waals surface area contributed by atoms with Gasteiger partial charge in [0.25, 0.3) is 0 Å². The van der Waals surface area contributed by atoms with E-state index in [0.29, 0.717) is 17.2 Å². The quantitative estimate of drug-likeness (QED) is 0.116. The molecule has 0 aliphatic carbocycles. The summed E-state index contributed by atoms with van der Waals surface area (Å²) in [7, 11) is 0. The zero-order valence-electron chi connectivity index (χ0n) is 23.3. The molecule has 0 N–H and O–H groups in total. The van der Waals surface area contributed by atoms with E-state index in [2.05, 4.69) is 35.9 Å². The molecule has 5 rings (SSSR count). The van der Waals surface area contributed by atoms with Crippen LogP contribution in [0, 0.1) is 23.3 Å². The third-order valence-electron chi connectivity index (χ3n) is 7.27. The van der Waals surface area contributed by atoms with Crippen molar-refractivity contribution in [2.75, 3.05) is 0 Å². The van der Waals surface area contributed by atoms with Crippen LogP contribution in [0.5, 0.6) is 5.75 Å². The molecule has 5 aromatic carbocycles. The minimum Gasteiger partial charge on any atom is -0.429 e. The maximum Gasteiger partial charge on any atom is 0.429 e. The number of halogens is 6. The smallest absolute Gasteiger partial charge is 0.429 e. The van der Waals surface area contributed by atoms with Crippen LogP contribution < -0.4 is 4.74 Å². The van der Waals surface area contributed by atoms with Gasteiger partial charge in [0, 0.05) is 11.6 Å². The van der Waals surface area contributed by atoms with Crippen molar-refractivity contribution in [1.29, 1.82) is 0 Å². The fourth-order valence-corrected chi connectivity index (χ4v) is 4.89. The molecule has 220 valence electrons. The lowest BCUT2D eigenvalue weighted by Gasteiger charge is -2.20. The maximum absolute atomic E-state index is 15.0. The SMILES string of the molecule is CCCCCc1ccc(-c2ccc(-c3ccc(C(F)(F)Oc4ccc(-c5ccc(F)c(F)c5)c(F)c4)c(F)c3)cc2)cc1. The monoisotopic (exact) mass is 590 g/mol. The van der Waals surface area contributed by atoms with Crippen molar-refractivity contribution >= 4 is 0 Å². The Kier molecular flexibility index (Phi) is 8.90. The summed E-state index contributed by atoms with van der Waals surface area (Å²) in [5.74, 6) is -5.04. The standard InChI is InChI=1S/C36H28F6O/c1-2-3-4-5-23-6-8-24(9-7-23)25-10-12-26(13-11-25)27-14-18-31(34(39)20-27)36(41,42)43-29-16-17-30(33(38)22-29)28-15-19-32(37)35(40)21-28/h6-22H,2-5H2,1H3. The van der Waals surface area contributed by atoms with Gasteiger partial charge in [-0.05, 0) is 82.6 Å². The molecule has 0 atom stereocenters. The zero-order chi connectivity index (χ0) is 30.6. The van der Waals surface area contributed by atoms with Gasteiger partial charge in [0.1, 0.15) is 17.4 Å². The zero-order valence-corrected chi connectivity index (χ0v) is 23.3.